The van der Waals surface area contributed by atoms with E-state index >= 15 is 0 Å². The minimum absolute atomic E-state index is 0.0388. The molecule has 1 aromatic rings. The van der Waals surface area contributed by atoms with Crippen molar-refractivity contribution in [2.45, 2.75) is 62.4 Å². The second-order valence-electron chi connectivity index (χ2n) is 7.85. The Labute approximate surface area is 174 Å². The smallest absolute Gasteiger partial charge is 0.230 e. The predicted molar refractivity (Wildman–Crippen MR) is 107 cm³/mol. The summed E-state index contributed by atoms with van der Waals surface area (Å²) in [4.78, 5) is 23.5. The van der Waals surface area contributed by atoms with Crippen LogP contribution in [0.25, 0.3) is 0 Å². The van der Waals surface area contributed by atoms with E-state index in [9.17, 15) is 18.0 Å². The molecule has 1 aromatic heterocycles. The quantitative estimate of drug-likeness (QED) is 0.491. The van der Waals surface area contributed by atoms with Crippen LogP contribution in [0.2, 0.25) is 0 Å². The van der Waals surface area contributed by atoms with Gasteiger partial charge in [-0.1, -0.05) is 11.8 Å². The lowest BCUT2D eigenvalue weighted by atomic mass is 10.0. The summed E-state index contributed by atoms with van der Waals surface area (Å²) < 4.78 is 31.0. The van der Waals surface area contributed by atoms with E-state index in [-0.39, 0.29) is 35.7 Å². The number of carbonyl (C=O) groups excluding carboxylic acids is 2. The van der Waals surface area contributed by atoms with Gasteiger partial charge in [0.2, 0.25) is 11.8 Å². The van der Waals surface area contributed by atoms with Crippen LogP contribution >= 0.6 is 11.8 Å². The molecule has 29 heavy (non-hydrogen) atoms. The lowest BCUT2D eigenvalue weighted by Gasteiger charge is -2.23. The number of hydrogen-bond acceptors (Lipinski definition) is 8. The number of primary amides is 1. The molecular formula is C17H27N5O5S2. The number of rotatable bonds is 9. The first-order valence-electron chi connectivity index (χ1n) is 9.62. The number of nitrogens with two attached hydrogens (primary N) is 1. The Morgan fingerprint density at radius 3 is 2.83 bits per heavy atom. The van der Waals surface area contributed by atoms with Crippen molar-refractivity contribution in [3.05, 3.63) is 5.82 Å². The van der Waals surface area contributed by atoms with Gasteiger partial charge in [-0.15, -0.1) is 10.2 Å². The van der Waals surface area contributed by atoms with Gasteiger partial charge in [0.15, 0.2) is 15.0 Å². The molecule has 2 unspecified atom stereocenters. The highest BCUT2D eigenvalue weighted by Crippen LogP contribution is 2.25. The lowest BCUT2D eigenvalue weighted by molar-refractivity contribution is -0.120. The molecule has 0 spiro atoms. The topological polar surface area (TPSA) is 146 Å². The van der Waals surface area contributed by atoms with Gasteiger partial charge in [-0.2, -0.15) is 0 Å². The summed E-state index contributed by atoms with van der Waals surface area (Å²) >= 11 is 1.23. The normalized spacial score (nSPS) is 25.9. The zero-order valence-corrected chi connectivity index (χ0v) is 18.1. The summed E-state index contributed by atoms with van der Waals surface area (Å²) in [5, 5.41) is 11.7. The van der Waals surface area contributed by atoms with Gasteiger partial charge in [0.1, 0.15) is 5.82 Å². The van der Waals surface area contributed by atoms with E-state index in [1.807, 2.05) is 4.57 Å². The largest absolute Gasteiger partial charge is 0.376 e. The molecule has 2 fully saturated rings. The third kappa shape index (κ3) is 6.16. The summed E-state index contributed by atoms with van der Waals surface area (Å²) in [6.45, 7) is 3.03. The molecule has 0 aromatic carbocycles. The van der Waals surface area contributed by atoms with Crippen LogP contribution < -0.4 is 11.1 Å². The number of nitrogens with one attached hydrogen (secondary N) is 1. The Bertz CT molecular complexity index is 866. The highest BCUT2D eigenvalue weighted by atomic mass is 32.2. The van der Waals surface area contributed by atoms with E-state index in [2.05, 4.69) is 15.5 Å². The Morgan fingerprint density at radius 1 is 1.41 bits per heavy atom. The molecule has 12 heteroatoms. The van der Waals surface area contributed by atoms with Crippen molar-refractivity contribution >= 4 is 33.4 Å². The number of aromatic nitrogens is 3. The van der Waals surface area contributed by atoms with Crippen LogP contribution in [0, 0.1) is 0 Å². The third-order valence-electron chi connectivity index (χ3n) is 5.08. The maximum Gasteiger partial charge on any atom is 0.230 e. The Kier molecular flexibility index (Phi) is 6.84. The fourth-order valence-corrected chi connectivity index (χ4v) is 6.49. The SMILES string of the molecule is CC1(NC(=O)CSc2nnc(CCC(N)=O)n2CC2CCCO2)CCS(=O)(=O)C1. The number of amides is 2. The van der Waals surface area contributed by atoms with E-state index < -0.39 is 21.3 Å². The van der Waals surface area contributed by atoms with E-state index in [4.69, 9.17) is 10.5 Å². The molecule has 3 heterocycles. The molecule has 10 nitrogen and oxygen atoms in total. The Morgan fingerprint density at radius 2 is 2.21 bits per heavy atom. The first-order chi connectivity index (χ1) is 13.7. The Balaban J connectivity index is 1.62. The fraction of sp³-hybridized carbons (Fsp3) is 0.765. The van der Waals surface area contributed by atoms with Gasteiger partial charge in [0.25, 0.3) is 0 Å². The second kappa shape index (κ2) is 9.00. The highest BCUT2D eigenvalue weighted by Gasteiger charge is 2.39. The molecule has 2 amide bonds. The van der Waals surface area contributed by atoms with E-state index in [0.717, 1.165) is 19.4 Å². The van der Waals surface area contributed by atoms with Gasteiger partial charge < -0.3 is 20.4 Å². The number of hydrogen-bond donors (Lipinski definition) is 2. The zero-order valence-electron chi connectivity index (χ0n) is 16.4. The van der Waals surface area contributed by atoms with Crippen molar-refractivity contribution in [2.24, 2.45) is 5.73 Å². The molecule has 0 aliphatic carbocycles. The summed E-state index contributed by atoms with van der Waals surface area (Å²) in [5.74, 6) is 0.120. The molecule has 0 saturated carbocycles. The van der Waals surface area contributed by atoms with Crippen LogP contribution in [0.15, 0.2) is 5.16 Å². The molecule has 3 rings (SSSR count). The molecule has 2 aliphatic rings. The maximum atomic E-state index is 12.4. The molecular weight excluding hydrogens is 418 g/mol. The van der Waals surface area contributed by atoms with Gasteiger partial charge in [-0.05, 0) is 26.2 Å². The first kappa shape index (κ1) is 22.0. The summed E-state index contributed by atoms with van der Waals surface area (Å²) in [5.41, 5.74) is 4.52. The van der Waals surface area contributed by atoms with E-state index in [0.29, 0.717) is 30.4 Å². The van der Waals surface area contributed by atoms with Crippen LogP contribution in [0.3, 0.4) is 0 Å². The monoisotopic (exact) mass is 445 g/mol. The average Bonchev–Trinajstić information content (AvgIpc) is 3.32. The van der Waals surface area contributed by atoms with Gasteiger partial charge in [0.05, 0.1) is 35.4 Å². The summed E-state index contributed by atoms with van der Waals surface area (Å²) in [6, 6.07) is 0. The molecule has 162 valence electrons. The number of ether oxygens (including phenoxy) is 1. The van der Waals surface area contributed by atoms with Crippen molar-refractivity contribution in [2.75, 3.05) is 23.9 Å². The minimum atomic E-state index is -3.10. The highest BCUT2D eigenvalue weighted by molar-refractivity contribution is 7.99. The van der Waals surface area contributed by atoms with Crippen LogP contribution in [-0.2, 0) is 37.1 Å². The Hall–Kier alpha value is -1.66. The maximum absolute atomic E-state index is 12.4. The van der Waals surface area contributed by atoms with E-state index in [1.165, 1.54) is 11.8 Å². The van der Waals surface area contributed by atoms with Crippen molar-refractivity contribution < 1.29 is 22.7 Å². The van der Waals surface area contributed by atoms with Crippen LogP contribution in [0.5, 0.6) is 0 Å². The standard InChI is InChI=1S/C17H27N5O5S2/c1-17(6-8-29(25,26)11-17)19-15(24)10-28-16-21-20-14(5-4-13(18)23)22(16)9-12-3-2-7-27-12/h12H,2-11H2,1H3,(H2,18,23)(H,19,24). The molecule has 3 N–H and O–H groups in total. The van der Waals surface area contributed by atoms with Crippen molar-refractivity contribution in [3.8, 4) is 0 Å². The van der Waals surface area contributed by atoms with Crippen molar-refractivity contribution in [1.29, 1.82) is 0 Å². The van der Waals surface area contributed by atoms with Crippen LogP contribution in [0.4, 0.5) is 0 Å². The third-order valence-corrected chi connectivity index (χ3v) is 7.95. The zero-order chi connectivity index (χ0) is 21.1. The minimum Gasteiger partial charge on any atom is -0.376 e. The van der Waals surface area contributed by atoms with Gasteiger partial charge in [0, 0.05) is 19.4 Å². The molecule has 2 saturated heterocycles. The fourth-order valence-electron chi connectivity index (χ4n) is 3.63. The van der Waals surface area contributed by atoms with E-state index in [1.54, 1.807) is 6.92 Å². The van der Waals surface area contributed by atoms with Gasteiger partial charge >= 0.3 is 0 Å². The predicted octanol–water partition coefficient (Wildman–Crippen LogP) is -0.339. The summed E-state index contributed by atoms with van der Waals surface area (Å²) in [7, 11) is -3.10. The number of sulfone groups is 1. The average molecular weight is 446 g/mol. The number of thioether (sulfide) groups is 1. The number of nitrogens with zero attached hydrogens (tertiary/aromatic N) is 3. The first-order valence-corrected chi connectivity index (χ1v) is 12.4. The van der Waals surface area contributed by atoms with Crippen LogP contribution in [0.1, 0.15) is 38.4 Å². The molecule has 2 aliphatic heterocycles. The number of carbonyl (C=O) groups is 2. The molecule has 0 radical (unpaired) electrons. The van der Waals surface area contributed by atoms with Gasteiger partial charge in [-0.25, -0.2) is 8.42 Å². The van der Waals surface area contributed by atoms with Gasteiger partial charge in [-0.3, -0.25) is 9.59 Å². The second-order valence-corrected chi connectivity index (χ2v) is 11.0. The summed E-state index contributed by atoms with van der Waals surface area (Å²) in [6.07, 6.45) is 2.94. The lowest BCUT2D eigenvalue weighted by Crippen LogP contribution is -2.47. The van der Waals surface area contributed by atoms with Crippen LogP contribution in [-0.4, -0.2) is 70.5 Å². The van der Waals surface area contributed by atoms with Crippen molar-refractivity contribution in [3.63, 3.8) is 0 Å². The number of aryl methyl sites for hydroxylation is 1. The molecule has 0 bridgehead atoms. The van der Waals surface area contributed by atoms with Crippen molar-refractivity contribution in [1.82, 2.24) is 20.1 Å². The molecule has 2 atom stereocenters.